The number of ether oxygens (including phenoxy) is 2. The number of benzene rings is 3. The highest BCUT2D eigenvalue weighted by Crippen LogP contribution is 2.46. The van der Waals surface area contributed by atoms with Crippen LogP contribution in [0.3, 0.4) is 0 Å². The molecule has 1 aliphatic heterocycles. The van der Waals surface area contributed by atoms with E-state index in [4.69, 9.17) is 48.8 Å². The lowest BCUT2D eigenvalue weighted by molar-refractivity contribution is 0.0696. The zero-order chi connectivity index (χ0) is 25.7. The van der Waals surface area contributed by atoms with Crippen LogP contribution in [0.5, 0.6) is 11.5 Å². The van der Waals surface area contributed by atoms with E-state index < -0.39 is 5.97 Å². The maximum absolute atomic E-state index is 11.3. The summed E-state index contributed by atoms with van der Waals surface area (Å²) >= 11 is 19.5. The van der Waals surface area contributed by atoms with Crippen molar-refractivity contribution in [2.24, 2.45) is 0 Å². The Bertz CT molecular complexity index is 1510. The summed E-state index contributed by atoms with van der Waals surface area (Å²) < 4.78 is 17.9. The van der Waals surface area contributed by atoms with Crippen molar-refractivity contribution in [3.8, 4) is 22.8 Å². The molecular weight excluding hydrogens is 537 g/mol. The summed E-state index contributed by atoms with van der Waals surface area (Å²) in [7, 11) is 0. The minimum atomic E-state index is -0.969. The van der Waals surface area contributed by atoms with E-state index in [0.717, 1.165) is 35.3 Å². The molecule has 2 aliphatic rings. The van der Waals surface area contributed by atoms with Crippen molar-refractivity contribution in [3.05, 3.63) is 97.7 Å². The van der Waals surface area contributed by atoms with Crippen molar-refractivity contribution >= 4 is 40.8 Å². The second-order valence-corrected chi connectivity index (χ2v) is 10.4. The lowest BCUT2D eigenvalue weighted by Crippen LogP contribution is -2.05. The number of carbonyl (C=O) groups is 1. The van der Waals surface area contributed by atoms with Gasteiger partial charge in [-0.1, -0.05) is 52.1 Å². The summed E-state index contributed by atoms with van der Waals surface area (Å²) in [5.41, 5.74) is 3.90. The van der Waals surface area contributed by atoms with Gasteiger partial charge in [-0.3, -0.25) is 0 Å². The van der Waals surface area contributed by atoms with Crippen LogP contribution in [0.25, 0.3) is 11.3 Å². The summed E-state index contributed by atoms with van der Waals surface area (Å²) in [6.07, 6.45) is 2.30. The molecule has 1 unspecified atom stereocenters. The van der Waals surface area contributed by atoms with Crippen LogP contribution in [0.15, 0.2) is 59.1 Å². The maximum Gasteiger partial charge on any atom is 0.335 e. The molecule has 1 atom stereocenters. The van der Waals surface area contributed by atoms with Crippen LogP contribution in [-0.4, -0.2) is 16.2 Å². The number of hydrogen-bond donors (Lipinski definition) is 1. The first-order chi connectivity index (χ1) is 17.9. The average molecular weight is 557 g/mol. The lowest BCUT2D eigenvalue weighted by atomic mass is 10.0. The molecule has 1 saturated carbocycles. The lowest BCUT2D eigenvalue weighted by Gasteiger charge is -2.15. The van der Waals surface area contributed by atoms with Crippen LogP contribution in [0.1, 0.15) is 57.7 Å². The standard InChI is InChI=1S/C28H20Cl3NO5/c29-20-2-1-3-21(30)25(20)26-19(27(37-32-26)14-4-5-14)13-35-17-7-8-18(22(31)12-17)24-11-16-10-15(28(33)34)6-9-23(16)36-24/h1-3,6-10,12,14,24H,4-5,11,13H2,(H,33,34). The maximum atomic E-state index is 11.3. The van der Waals surface area contributed by atoms with Crippen molar-refractivity contribution in [1.82, 2.24) is 5.16 Å². The molecule has 6 nitrogen and oxygen atoms in total. The Labute approximate surface area is 227 Å². The molecule has 0 amide bonds. The summed E-state index contributed by atoms with van der Waals surface area (Å²) in [6.45, 7) is 0.214. The molecule has 9 heteroatoms. The van der Waals surface area contributed by atoms with Crippen molar-refractivity contribution in [2.45, 2.75) is 37.9 Å². The van der Waals surface area contributed by atoms with E-state index >= 15 is 0 Å². The molecule has 188 valence electrons. The van der Waals surface area contributed by atoms with E-state index in [1.165, 1.54) is 6.07 Å². The Balaban J connectivity index is 1.22. The van der Waals surface area contributed by atoms with Gasteiger partial charge in [0.25, 0.3) is 0 Å². The SMILES string of the molecule is O=C(O)c1ccc2c(c1)CC(c1ccc(OCc3c(-c4c(Cl)cccc4Cl)noc3C3CC3)cc1Cl)O2. The zero-order valence-corrected chi connectivity index (χ0v) is 21.6. The topological polar surface area (TPSA) is 81.8 Å². The quantitative estimate of drug-likeness (QED) is 0.247. The fourth-order valence-electron chi connectivity index (χ4n) is 4.62. The first-order valence-electron chi connectivity index (χ1n) is 11.8. The van der Waals surface area contributed by atoms with Crippen LogP contribution < -0.4 is 9.47 Å². The van der Waals surface area contributed by atoms with Crippen LogP contribution in [0.2, 0.25) is 15.1 Å². The van der Waals surface area contributed by atoms with Crippen LogP contribution in [-0.2, 0) is 13.0 Å². The van der Waals surface area contributed by atoms with Gasteiger partial charge < -0.3 is 19.1 Å². The summed E-state index contributed by atoms with van der Waals surface area (Å²) in [5, 5.41) is 15.0. The molecule has 2 heterocycles. The normalized spacial score (nSPS) is 16.4. The Morgan fingerprint density at radius 3 is 2.51 bits per heavy atom. The fourth-order valence-corrected chi connectivity index (χ4v) is 5.49. The summed E-state index contributed by atoms with van der Waals surface area (Å²) in [5.74, 6) is 1.39. The number of nitrogens with zero attached hydrogens (tertiary/aromatic N) is 1. The van der Waals surface area contributed by atoms with Gasteiger partial charge in [0.15, 0.2) is 0 Å². The van der Waals surface area contributed by atoms with Crippen molar-refractivity contribution in [3.63, 3.8) is 0 Å². The highest BCUT2D eigenvalue weighted by molar-refractivity contribution is 6.39. The van der Waals surface area contributed by atoms with Gasteiger partial charge >= 0.3 is 5.97 Å². The molecular formula is C28H20Cl3NO5. The van der Waals surface area contributed by atoms with Gasteiger partial charge in [-0.05, 0) is 60.9 Å². The third kappa shape index (κ3) is 4.65. The van der Waals surface area contributed by atoms with Crippen LogP contribution >= 0.6 is 34.8 Å². The van der Waals surface area contributed by atoms with Gasteiger partial charge in [0.05, 0.1) is 26.2 Å². The van der Waals surface area contributed by atoms with Gasteiger partial charge in [0.1, 0.15) is 35.7 Å². The number of rotatable bonds is 7. The second kappa shape index (κ2) is 9.60. The molecule has 1 aromatic heterocycles. The molecule has 0 spiro atoms. The van der Waals surface area contributed by atoms with E-state index in [1.807, 2.05) is 12.1 Å². The molecule has 0 radical (unpaired) electrons. The van der Waals surface area contributed by atoms with Gasteiger partial charge in [0, 0.05) is 23.5 Å². The monoisotopic (exact) mass is 555 g/mol. The van der Waals surface area contributed by atoms with E-state index in [0.29, 0.717) is 50.2 Å². The molecule has 1 aliphatic carbocycles. The molecule has 6 rings (SSSR count). The molecule has 1 N–H and O–H groups in total. The molecule has 0 bridgehead atoms. The van der Waals surface area contributed by atoms with Crippen LogP contribution in [0.4, 0.5) is 0 Å². The number of halogens is 3. The fraction of sp³-hybridized carbons (Fsp3) is 0.214. The zero-order valence-electron chi connectivity index (χ0n) is 19.3. The minimum Gasteiger partial charge on any atom is -0.489 e. The van der Waals surface area contributed by atoms with E-state index in [9.17, 15) is 9.90 Å². The highest BCUT2D eigenvalue weighted by Gasteiger charge is 2.34. The van der Waals surface area contributed by atoms with Crippen molar-refractivity contribution in [1.29, 1.82) is 0 Å². The van der Waals surface area contributed by atoms with Gasteiger partial charge in [0.2, 0.25) is 0 Å². The number of aromatic carboxylic acids is 1. The van der Waals surface area contributed by atoms with Crippen LogP contribution in [0, 0.1) is 0 Å². The smallest absolute Gasteiger partial charge is 0.335 e. The molecule has 37 heavy (non-hydrogen) atoms. The Morgan fingerprint density at radius 2 is 1.81 bits per heavy atom. The second-order valence-electron chi connectivity index (χ2n) is 9.16. The van der Waals surface area contributed by atoms with Gasteiger partial charge in [-0.15, -0.1) is 0 Å². The van der Waals surface area contributed by atoms with Gasteiger partial charge in [-0.2, -0.15) is 0 Å². The molecule has 4 aromatic rings. The first kappa shape index (κ1) is 24.2. The predicted molar refractivity (Wildman–Crippen MR) is 140 cm³/mol. The number of aromatic nitrogens is 1. The average Bonchev–Trinajstić information content (AvgIpc) is 3.49. The molecule has 0 saturated heterocycles. The minimum absolute atomic E-state index is 0.214. The van der Waals surface area contributed by atoms with E-state index in [-0.39, 0.29) is 18.3 Å². The highest BCUT2D eigenvalue weighted by atomic mass is 35.5. The van der Waals surface area contributed by atoms with E-state index in [2.05, 4.69) is 5.16 Å². The van der Waals surface area contributed by atoms with Crippen molar-refractivity contribution < 1.29 is 23.9 Å². The summed E-state index contributed by atoms with van der Waals surface area (Å²) in [6, 6.07) is 15.6. The predicted octanol–water partition coefficient (Wildman–Crippen LogP) is 8.13. The number of hydrogen-bond acceptors (Lipinski definition) is 5. The number of carboxylic acid groups (broad SMARTS) is 1. The first-order valence-corrected chi connectivity index (χ1v) is 12.9. The number of fused-ring (bicyclic) bond motifs is 1. The Morgan fingerprint density at radius 1 is 1.03 bits per heavy atom. The number of carboxylic acids is 1. The Hall–Kier alpha value is -3.19. The Kier molecular flexibility index (Phi) is 6.27. The largest absolute Gasteiger partial charge is 0.489 e. The van der Waals surface area contributed by atoms with Gasteiger partial charge in [-0.25, -0.2) is 4.79 Å². The molecule has 1 fully saturated rings. The van der Waals surface area contributed by atoms with E-state index in [1.54, 1.807) is 36.4 Å². The third-order valence-corrected chi connectivity index (χ3v) is 7.61. The summed E-state index contributed by atoms with van der Waals surface area (Å²) in [4.78, 5) is 11.3. The molecule has 3 aromatic carbocycles. The van der Waals surface area contributed by atoms with Crippen molar-refractivity contribution in [2.75, 3.05) is 0 Å². The third-order valence-electron chi connectivity index (χ3n) is 6.65.